The van der Waals surface area contributed by atoms with Gasteiger partial charge in [-0.1, -0.05) is 24.3 Å². The summed E-state index contributed by atoms with van der Waals surface area (Å²) in [6.07, 6.45) is 5.60. The maximum absolute atomic E-state index is 12.3. The lowest BCUT2D eigenvalue weighted by Gasteiger charge is -2.24. The molecule has 0 amide bonds. The fourth-order valence-electron chi connectivity index (χ4n) is 3.00. The fraction of sp³-hybridized carbons (Fsp3) is 0.353. The second kappa shape index (κ2) is 5.04. The number of rotatable bonds is 3. The summed E-state index contributed by atoms with van der Waals surface area (Å²) in [5, 5.41) is 0. The molecule has 1 aromatic heterocycles. The molecule has 98 valence electrons. The second-order valence-electron chi connectivity index (χ2n) is 5.36. The molecule has 0 N–H and O–H groups in total. The Balaban J connectivity index is 1.79. The minimum atomic E-state index is 0.193. The van der Waals surface area contributed by atoms with E-state index in [9.17, 15) is 4.79 Å². The summed E-state index contributed by atoms with van der Waals surface area (Å²) in [4.78, 5) is 12.3. The molecule has 19 heavy (non-hydrogen) atoms. The van der Waals surface area contributed by atoms with Crippen molar-refractivity contribution in [3.8, 4) is 0 Å². The molecule has 2 nitrogen and oxygen atoms in total. The zero-order valence-corrected chi connectivity index (χ0v) is 11.2. The Morgan fingerprint density at radius 1 is 1.37 bits per heavy atom. The van der Waals surface area contributed by atoms with E-state index in [-0.39, 0.29) is 5.78 Å². The number of fused-ring (bicyclic) bond motifs is 1. The highest BCUT2D eigenvalue weighted by atomic mass is 16.3. The van der Waals surface area contributed by atoms with Crippen LogP contribution in [-0.4, -0.2) is 5.78 Å². The second-order valence-corrected chi connectivity index (χ2v) is 5.36. The van der Waals surface area contributed by atoms with Crippen molar-refractivity contribution in [1.82, 2.24) is 0 Å². The van der Waals surface area contributed by atoms with E-state index in [0.717, 1.165) is 18.6 Å². The highest BCUT2D eigenvalue weighted by Gasteiger charge is 2.23. The molecule has 0 fully saturated rings. The molecule has 0 saturated carbocycles. The van der Waals surface area contributed by atoms with Gasteiger partial charge in [0, 0.05) is 6.42 Å². The molecule has 1 aliphatic rings. The first kappa shape index (κ1) is 12.2. The zero-order valence-electron chi connectivity index (χ0n) is 11.2. The summed E-state index contributed by atoms with van der Waals surface area (Å²) in [5.41, 5.74) is 3.48. The van der Waals surface area contributed by atoms with Gasteiger partial charge in [0.15, 0.2) is 5.78 Å². The van der Waals surface area contributed by atoms with Gasteiger partial charge in [0.1, 0.15) is 12.0 Å². The fourth-order valence-corrected chi connectivity index (χ4v) is 3.00. The monoisotopic (exact) mass is 254 g/mol. The third kappa shape index (κ3) is 2.48. The Morgan fingerprint density at radius 2 is 2.21 bits per heavy atom. The minimum Gasteiger partial charge on any atom is -0.469 e. The van der Waals surface area contributed by atoms with Crippen LogP contribution in [0.1, 0.15) is 52.4 Å². The summed E-state index contributed by atoms with van der Waals surface area (Å²) < 4.78 is 5.22. The SMILES string of the molecule is Cc1cc(C(=O)CC2CCCc3ccccc32)co1. The summed E-state index contributed by atoms with van der Waals surface area (Å²) >= 11 is 0. The Bertz CT molecular complexity index is 595. The van der Waals surface area contributed by atoms with Gasteiger partial charge in [0.25, 0.3) is 0 Å². The highest BCUT2D eigenvalue weighted by molar-refractivity contribution is 5.96. The molecule has 1 aromatic carbocycles. The smallest absolute Gasteiger partial charge is 0.166 e. The molecule has 1 aliphatic carbocycles. The van der Waals surface area contributed by atoms with Crippen LogP contribution in [0.3, 0.4) is 0 Å². The van der Waals surface area contributed by atoms with Crippen LogP contribution in [0.2, 0.25) is 0 Å². The first-order chi connectivity index (χ1) is 9.24. The predicted molar refractivity (Wildman–Crippen MR) is 74.5 cm³/mol. The van der Waals surface area contributed by atoms with Gasteiger partial charge in [-0.2, -0.15) is 0 Å². The van der Waals surface area contributed by atoms with Gasteiger partial charge in [-0.25, -0.2) is 0 Å². The van der Waals surface area contributed by atoms with E-state index in [1.807, 2.05) is 13.0 Å². The lowest BCUT2D eigenvalue weighted by atomic mass is 9.80. The lowest BCUT2D eigenvalue weighted by molar-refractivity contribution is 0.0970. The molecule has 2 aromatic rings. The third-order valence-corrected chi connectivity index (χ3v) is 3.98. The number of hydrogen-bond acceptors (Lipinski definition) is 2. The van der Waals surface area contributed by atoms with Gasteiger partial charge in [-0.15, -0.1) is 0 Å². The van der Waals surface area contributed by atoms with Crippen LogP contribution in [0.25, 0.3) is 0 Å². The van der Waals surface area contributed by atoms with E-state index < -0.39 is 0 Å². The molecule has 1 heterocycles. The highest BCUT2D eigenvalue weighted by Crippen LogP contribution is 2.34. The van der Waals surface area contributed by atoms with Crippen molar-refractivity contribution in [1.29, 1.82) is 0 Å². The first-order valence-electron chi connectivity index (χ1n) is 6.90. The van der Waals surface area contributed by atoms with E-state index in [0.29, 0.717) is 17.9 Å². The van der Waals surface area contributed by atoms with Crippen LogP contribution in [0.4, 0.5) is 0 Å². The average Bonchev–Trinajstić information content (AvgIpc) is 2.86. The molecule has 1 atom stereocenters. The maximum Gasteiger partial charge on any atom is 0.166 e. The van der Waals surface area contributed by atoms with Gasteiger partial charge in [0.2, 0.25) is 0 Å². The van der Waals surface area contributed by atoms with Crippen molar-refractivity contribution in [2.75, 3.05) is 0 Å². The van der Waals surface area contributed by atoms with Gasteiger partial charge in [-0.3, -0.25) is 4.79 Å². The number of furan rings is 1. The normalized spacial score (nSPS) is 18.1. The molecular weight excluding hydrogens is 236 g/mol. The number of carbonyl (C=O) groups is 1. The quantitative estimate of drug-likeness (QED) is 0.765. The van der Waals surface area contributed by atoms with Crippen LogP contribution in [-0.2, 0) is 6.42 Å². The van der Waals surface area contributed by atoms with Crippen LogP contribution in [0.15, 0.2) is 41.0 Å². The molecule has 0 aliphatic heterocycles. The predicted octanol–water partition coefficient (Wildman–Crippen LogP) is 4.28. The van der Waals surface area contributed by atoms with E-state index in [1.54, 1.807) is 6.26 Å². The number of ketones is 1. The van der Waals surface area contributed by atoms with Crippen molar-refractivity contribution in [2.24, 2.45) is 0 Å². The van der Waals surface area contributed by atoms with E-state index in [2.05, 4.69) is 24.3 Å². The Labute approximate surface area is 113 Å². The van der Waals surface area contributed by atoms with Crippen LogP contribution < -0.4 is 0 Å². The summed E-state index contributed by atoms with van der Waals surface area (Å²) in [6, 6.07) is 10.4. The number of aryl methyl sites for hydroxylation is 2. The van der Waals surface area contributed by atoms with Gasteiger partial charge >= 0.3 is 0 Å². The van der Waals surface area contributed by atoms with Crippen molar-refractivity contribution in [2.45, 2.75) is 38.5 Å². The van der Waals surface area contributed by atoms with Crippen LogP contribution in [0, 0.1) is 6.92 Å². The van der Waals surface area contributed by atoms with Gasteiger partial charge in [-0.05, 0) is 49.3 Å². The molecule has 3 rings (SSSR count). The Hall–Kier alpha value is -1.83. The number of Topliss-reactive ketones (excluding diaryl/α,β-unsaturated/α-hetero) is 1. The molecular formula is C17H18O2. The van der Waals surface area contributed by atoms with Crippen molar-refractivity contribution in [3.05, 3.63) is 59.0 Å². The van der Waals surface area contributed by atoms with Crippen molar-refractivity contribution >= 4 is 5.78 Å². The molecule has 0 saturated heterocycles. The molecule has 1 unspecified atom stereocenters. The first-order valence-corrected chi connectivity index (χ1v) is 6.90. The Morgan fingerprint density at radius 3 is 3.00 bits per heavy atom. The minimum absolute atomic E-state index is 0.193. The lowest BCUT2D eigenvalue weighted by Crippen LogP contribution is -2.13. The van der Waals surface area contributed by atoms with E-state index in [1.165, 1.54) is 17.5 Å². The van der Waals surface area contributed by atoms with Gasteiger partial charge in [0.05, 0.1) is 5.56 Å². The van der Waals surface area contributed by atoms with E-state index in [4.69, 9.17) is 4.42 Å². The molecule has 2 heteroatoms. The van der Waals surface area contributed by atoms with Crippen LogP contribution >= 0.6 is 0 Å². The largest absolute Gasteiger partial charge is 0.469 e. The third-order valence-electron chi connectivity index (χ3n) is 3.98. The standard InChI is InChI=1S/C17H18O2/c1-12-9-15(11-19-12)17(18)10-14-7-4-6-13-5-2-3-8-16(13)14/h2-3,5,8-9,11,14H,4,6-7,10H2,1H3. The topological polar surface area (TPSA) is 30.2 Å². The average molecular weight is 254 g/mol. The van der Waals surface area contributed by atoms with Crippen LogP contribution in [0.5, 0.6) is 0 Å². The summed E-state index contributed by atoms with van der Waals surface area (Å²) in [5.74, 6) is 1.36. The van der Waals surface area contributed by atoms with Crippen molar-refractivity contribution < 1.29 is 9.21 Å². The zero-order chi connectivity index (χ0) is 13.2. The number of carbonyl (C=O) groups excluding carboxylic acids is 1. The van der Waals surface area contributed by atoms with Crippen molar-refractivity contribution in [3.63, 3.8) is 0 Å². The van der Waals surface area contributed by atoms with Gasteiger partial charge < -0.3 is 4.42 Å². The maximum atomic E-state index is 12.3. The molecule has 0 radical (unpaired) electrons. The molecule has 0 spiro atoms. The Kier molecular flexibility index (Phi) is 3.24. The van der Waals surface area contributed by atoms with E-state index >= 15 is 0 Å². The number of benzene rings is 1. The summed E-state index contributed by atoms with van der Waals surface area (Å²) in [7, 11) is 0. The molecule has 0 bridgehead atoms. The summed E-state index contributed by atoms with van der Waals surface area (Å²) in [6.45, 7) is 1.87. The number of hydrogen-bond donors (Lipinski definition) is 0.